The Morgan fingerprint density at radius 1 is 1.26 bits per heavy atom. The lowest BCUT2D eigenvalue weighted by atomic mass is 10.2. The molecule has 0 fully saturated rings. The summed E-state index contributed by atoms with van der Waals surface area (Å²) < 4.78 is 32.1. The van der Waals surface area contributed by atoms with E-state index in [1.54, 1.807) is 12.1 Å². The van der Waals surface area contributed by atoms with Crippen LogP contribution in [0.1, 0.15) is 12.0 Å². The van der Waals surface area contributed by atoms with Crippen molar-refractivity contribution in [3.05, 3.63) is 42.5 Å². The fourth-order valence-electron chi connectivity index (χ4n) is 1.54. The number of quaternary nitrogens is 1. The number of benzene rings is 1. The van der Waals surface area contributed by atoms with E-state index in [0.717, 1.165) is 29.6 Å². The molecule has 0 spiro atoms. The molecule has 0 heterocycles. The van der Waals surface area contributed by atoms with Crippen LogP contribution in [0.25, 0.3) is 0 Å². The van der Waals surface area contributed by atoms with Crippen molar-refractivity contribution in [1.82, 2.24) is 5.32 Å². The van der Waals surface area contributed by atoms with E-state index in [0.29, 0.717) is 0 Å². The van der Waals surface area contributed by atoms with Gasteiger partial charge < -0.3 is 14.4 Å². The molecule has 0 saturated heterocycles. The molecule has 1 rings (SSSR count). The molecule has 0 aromatic heterocycles. The molecule has 0 aliphatic carbocycles. The van der Waals surface area contributed by atoms with Gasteiger partial charge in [-0.05, 0) is 25.1 Å². The van der Waals surface area contributed by atoms with E-state index in [1.165, 1.54) is 18.2 Å². The van der Waals surface area contributed by atoms with Gasteiger partial charge in [0.25, 0.3) is 0 Å². The Labute approximate surface area is 139 Å². The standard InChI is InChI=1S/C9H18N2O.C7H8O3S/c1-5-9(12)10-7-6-8-11(2,3)4;1-6-2-4-7(5-3-6)11(8,9)10/h5H,1,6-8H2,2-4H3;2-5H,1H3,(H,8,9,10). The summed E-state index contributed by atoms with van der Waals surface area (Å²) in [6.45, 7) is 7.00. The number of nitrogens with one attached hydrogen (secondary N) is 1. The average molecular weight is 342 g/mol. The van der Waals surface area contributed by atoms with E-state index in [-0.39, 0.29) is 10.8 Å². The average Bonchev–Trinajstić information content (AvgIpc) is 2.42. The third kappa shape index (κ3) is 11.5. The van der Waals surface area contributed by atoms with Crippen molar-refractivity contribution in [3.63, 3.8) is 0 Å². The SMILES string of the molecule is C=CC(=O)NCCC[N+](C)(C)C.Cc1ccc(S(=O)(=O)[O-])cc1. The molecule has 1 aromatic carbocycles. The van der Waals surface area contributed by atoms with Gasteiger partial charge in [-0.15, -0.1) is 0 Å². The minimum Gasteiger partial charge on any atom is -0.744 e. The Bertz CT molecular complexity index is 602. The van der Waals surface area contributed by atoms with Crippen molar-refractivity contribution in [2.24, 2.45) is 0 Å². The second-order valence-corrected chi connectivity index (χ2v) is 7.51. The number of hydrogen-bond donors (Lipinski definition) is 1. The first-order valence-corrected chi connectivity index (χ1v) is 8.60. The zero-order chi connectivity index (χ0) is 18.1. The maximum absolute atomic E-state index is 10.7. The molecule has 1 aromatic rings. The van der Waals surface area contributed by atoms with Crippen LogP contribution in [0.5, 0.6) is 0 Å². The number of nitrogens with zero attached hydrogens (tertiary/aromatic N) is 1. The van der Waals surface area contributed by atoms with Crippen molar-refractivity contribution in [3.8, 4) is 0 Å². The Kier molecular flexibility index (Phi) is 8.74. The number of rotatable bonds is 6. The van der Waals surface area contributed by atoms with Crippen molar-refractivity contribution in [2.75, 3.05) is 34.2 Å². The minimum atomic E-state index is -4.27. The third-order valence-corrected chi connectivity index (χ3v) is 3.65. The van der Waals surface area contributed by atoms with Gasteiger partial charge in [-0.25, -0.2) is 8.42 Å². The lowest BCUT2D eigenvalue weighted by Gasteiger charge is -2.23. The molecule has 0 radical (unpaired) electrons. The quantitative estimate of drug-likeness (QED) is 0.365. The fourth-order valence-corrected chi connectivity index (χ4v) is 2.01. The zero-order valence-electron chi connectivity index (χ0n) is 14.2. The number of amides is 1. The predicted octanol–water partition coefficient (Wildman–Crippen LogP) is 1.28. The van der Waals surface area contributed by atoms with Gasteiger partial charge >= 0.3 is 0 Å². The van der Waals surface area contributed by atoms with Crippen LogP contribution in [0.2, 0.25) is 0 Å². The smallest absolute Gasteiger partial charge is 0.243 e. The van der Waals surface area contributed by atoms with E-state index in [4.69, 9.17) is 0 Å². The second kappa shape index (κ2) is 9.44. The summed E-state index contributed by atoms with van der Waals surface area (Å²) in [4.78, 5) is 10.5. The lowest BCUT2D eigenvalue weighted by Crippen LogP contribution is -2.37. The molecule has 0 aliphatic heterocycles. The minimum absolute atomic E-state index is 0.0867. The number of carbonyl (C=O) groups is 1. The number of aryl methyl sites for hydroxylation is 1. The van der Waals surface area contributed by atoms with Crippen LogP contribution < -0.4 is 5.32 Å². The Balaban J connectivity index is 0.000000422. The van der Waals surface area contributed by atoms with Crippen molar-refractivity contribution < 1.29 is 22.2 Å². The van der Waals surface area contributed by atoms with Gasteiger partial charge in [-0.3, -0.25) is 4.79 Å². The van der Waals surface area contributed by atoms with Gasteiger partial charge in [0.15, 0.2) is 0 Å². The zero-order valence-corrected chi connectivity index (χ0v) is 15.0. The van der Waals surface area contributed by atoms with Crippen molar-refractivity contribution in [1.29, 1.82) is 0 Å². The number of carbonyl (C=O) groups excluding carboxylic acids is 1. The highest BCUT2D eigenvalue weighted by molar-refractivity contribution is 7.85. The Morgan fingerprint density at radius 3 is 2.17 bits per heavy atom. The Hall–Kier alpha value is -1.70. The van der Waals surface area contributed by atoms with Gasteiger partial charge in [0.2, 0.25) is 5.91 Å². The summed E-state index contributed by atoms with van der Waals surface area (Å²) in [6.07, 6.45) is 2.30. The first-order chi connectivity index (χ1) is 10.5. The molecular weight excluding hydrogens is 316 g/mol. The van der Waals surface area contributed by atoms with E-state index < -0.39 is 10.1 Å². The summed E-state index contributed by atoms with van der Waals surface area (Å²) in [6, 6.07) is 5.78. The normalized spacial score (nSPS) is 11.2. The number of hydrogen-bond acceptors (Lipinski definition) is 4. The molecule has 6 nitrogen and oxygen atoms in total. The van der Waals surface area contributed by atoms with Crippen LogP contribution in [0, 0.1) is 6.92 Å². The van der Waals surface area contributed by atoms with E-state index in [2.05, 4.69) is 33.0 Å². The summed E-state index contributed by atoms with van der Waals surface area (Å²) >= 11 is 0. The molecule has 130 valence electrons. The topological polar surface area (TPSA) is 86.3 Å². The van der Waals surface area contributed by atoms with Gasteiger partial charge in [0.1, 0.15) is 10.1 Å². The summed E-state index contributed by atoms with van der Waals surface area (Å²) in [7, 11) is 2.13. The highest BCUT2D eigenvalue weighted by Gasteiger charge is 2.05. The van der Waals surface area contributed by atoms with E-state index in [9.17, 15) is 17.8 Å². The Morgan fingerprint density at radius 2 is 1.78 bits per heavy atom. The lowest BCUT2D eigenvalue weighted by molar-refractivity contribution is -0.870. The largest absolute Gasteiger partial charge is 0.744 e. The van der Waals surface area contributed by atoms with Crippen LogP contribution >= 0.6 is 0 Å². The summed E-state index contributed by atoms with van der Waals surface area (Å²) in [5.41, 5.74) is 0.928. The molecule has 0 bridgehead atoms. The van der Waals surface area contributed by atoms with Crippen LogP contribution in [0.4, 0.5) is 0 Å². The molecule has 7 heteroatoms. The molecule has 0 atom stereocenters. The molecule has 0 aliphatic rings. The van der Waals surface area contributed by atoms with Crippen LogP contribution in [-0.2, 0) is 14.9 Å². The van der Waals surface area contributed by atoms with Crippen LogP contribution in [-0.4, -0.2) is 57.6 Å². The highest BCUT2D eigenvalue weighted by atomic mass is 32.2. The van der Waals surface area contributed by atoms with Gasteiger partial charge in [-0.2, -0.15) is 0 Å². The van der Waals surface area contributed by atoms with Crippen LogP contribution in [0.3, 0.4) is 0 Å². The summed E-state index contributed by atoms with van der Waals surface area (Å²) in [5, 5.41) is 2.74. The van der Waals surface area contributed by atoms with Gasteiger partial charge in [0.05, 0.1) is 32.6 Å². The second-order valence-electron chi connectivity index (χ2n) is 6.13. The molecule has 0 saturated carbocycles. The molecular formula is C16H26N2O4S. The molecule has 0 unspecified atom stereocenters. The van der Waals surface area contributed by atoms with Gasteiger partial charge in [-0.1, -0.05) is 24.3 Å². The summed E-state index contributed by atoms with van der Waals surface area (Å²) in [5.74, 6) is -0.0867. The fraction of sp³-hybridized carbons (Fsp3) is 0.438. The monoisotopic (exact) mass is 342 g/mol. The predicted molar refractivity (Wildman–Crippen MR) is 89.9 cm³/mol. The maximum Gasteiger partial charge on any atom is 0.243 e. The first-order valence-electron chi connectivity index (χ1n) is 7.19. The maximum atomic E-state index is 10.7. The highest BCUT2D eigenvalue weighted by Crippen LogP contribution is 2.08. The molecule has 1 amide bonds. The van der Waals surface area contributed by atoms with Crippen LogP contribution in [0.15, 0.2) is 41.8 Å². The van der Waals surface area contributed by atoms with Crippen molar-refractivity contribution >= 4 is 16.0 Å². The van der Waals surface area contributed by atoms with E-state index in [1.807, 2.05) is 6.92 Å². The van der Waals surface area contributed by atoms with Gasteiger partial charge in [0, 0.05) is 13.0 Å². The molecule has 1 N–H and O–H groups in total. The third-order valence-electron chi connectivity index (χ3n) is 2.80. The van der Waals surface area contributed by atoms with E-state index >= 15 is 0 Å². The first kappa shape index (κ1) is 21.3. The molecule has 23 heavy (non-hydrogen) atoms. The van der Waals surface area contributed by atoms with Crippen molar-refractivity contribution in [2.45, 2.75) is 18.2 Å².